The largest absolute Gasteiger partial charge is 0.386 e. The van der Waals surface area contributed by atoms with Crippen LogP contribution in [0.25, 0.3) is 0 Å². The molecule has 0 aliphatic carbocycles. The van der Waals surface area contributed by atoms with E-state index in [0.717, 1.165) is 18.8 Å². The second-order valence-electron chi connectivity index (χ2n) is 6.98. The van der Waals surface area contributed by atoms with Gasteiger partial charge in [0.05, 0.1) is 12.7 Å². The van der Waals surface area contributed by atoms with Gasteiger partial charge in [0.15, 0.2) is 5.69 Å². The molecule has 0 spiro atoms. The van der Waals surface area contributed by atoms with Crippen molar-refractivity contribution in [3.05, 3.63) is 77.9 Å². The van der Waals surface area contributed by atoms with E-state index in [1.165, 1.54) is 23.0 Å². The maximum Gasteiger partial charge on any atom is 0.276 e. The summed E-state index contributed by atoms with van der Waals surface area (Å²) in [6.07, 6.45) is 0.422. The Balaban J connectivity index is 1.36. The molecular formula is C21H22FN5O2. The maximum absolute atomic E-state index is 13.8. The molecule has 1 atom stereocenters. The van der Waals surface area contributed by atoms with Gasteiger partial charge in [0.2, 0.25) is 0 Å². The van der Waals surface area contributed by atoms with Crippen molar-refractivity contribution in [3.63, 3.8) is 0 Å². The van der Waals surface area contributed by atoms with Gasteiger partial charge in [0, 0.05) is 37.4 Å². The molecule has 8 heteroatoms. The number of benzene rings is 2. The van der Waals surface area contributed by atoms with Crippen molar-refractivity contribution >= 4 is 11.6 Å². The number of aliphatic hydroxyl groups is 1. The maximum atomic E-state index is 13.8. The number of anilines is 1. The predicted molar refractivity (Wildman–Crippen MR) is 106 cm³/mol. The molecule has 0 saturated carbocycles. The van der Waals surface area contributed by atoms with Gasteiger partial charge >= 0.3 is 0 Å². The standard InChI is InChI=1S/C21H22FN5O2/c22-18-9-5-4-8-17(18)20(28)15-27-14-19(23-24-27)21(29)26-12-10-25(11-13-26)16-6-2-1-3-7-16/h1-9,14,20,28H,10-13,15H2/t20-/m1/s1. The van der Waals surface area contributed by atoms with Gasteiger partial charge < -0.3 is 14.9 Å². The van der Waals surface area contributed by atoms with Crippen LogP contribution < -0.4 is 4.90 Å². The van der Waals surface area contributed by atoms with Crippen molar-refractivity contribution in [2.45, 2.75) is 12.6 Å². The lowest BCUT2D eigenvalue weighted by molar-refractivity contribution is 0.0740. The Labute approximate surface area is 168 Å². The first-order chi connectivity index (χ1) is 14.1. The summed E-state index contributed by atoms with van der Waals surface area (Å²) in [7, 11) is 0. The van der Waals surface area contributed by atoms with Crippen molar-refractivity contribution in [3.8, 4) is 0 Å². The van der Waals surface area contributed by atoms with Gasteiger partial charge in [-0.05, 0) is 18.2 Å². The molecule has 1 aliphatic heterocycles. The lowest BCUT2D eigenvalue weighted by Gasteiger charge is -2.35. The molecule has 1 aliphatic rings. The Kier molecular flexibility index (Phi) is 5.53. The summed E-state index contributed by atoms with van der Waals surface area (Å²) in [6.45, 7) is 2.70. The quantitative estimate of drug-likeness (QED) is 0.716. The van der Waals surface area contributed by atoms with E-state index in [1.54, 1.807) is 17.0 Å². The van der Waals surface area contributed by atoms with Crippen molar-refractivity contribution in [1.82, 2.24) is 19.9 Å². The van der Waals surface area contributed by atoms with E-state index in [0.29, 0.717) is 13.1 Å². The van der Waals surface area contributed by atoms with Crippen LogP contribution in [0.3, 0.4) is 0 Å². The van der Waals surface area contributed by atoms with Crippen LogP contribution in [0.2, 0.25) is 0 Å². The molecular weight excluding hydrogens is 373 g/mol. The predicted octanol–water partition coefficient (Wildman–Crippen LogP) is 2.11. The number of carbonyl (C=O) groups is 1. The van der Waals surface area contributed by atoms with E-state index in [4.69, 9.17) is 0 Å². The molecule has 0 bridgehead atoms. The highest BCUT2D eigenvalue weighted by molar-refractivity contribution is 5.92. The molecule has 2 aromatic carbocycles. The molecule has 0 unspecified atom stereocenters. The van der Waals surface area contributed by atoms with Crippen LogP contribution >= 0.6 is 0 Å². The zero-order valence-electron chi connectivity index (χ0n) is 15.9. The lowest BCUT2D eigenvalue weighted by Crippen LogP contribution is -2.48. The van der Waals surface area contributed by atoms with Gasteiger partial charge in [0.25, 0.3) is 5.91 Å². The number of aromatic nitrogens is 3. The number of carbonyl (C=O) groups excluding carboxylic acids is 1. The zero-order valence-corrected chi connectivity index (χ0v) is 15.9. The molecule has 1 fully saturated rings. The number of halogens is 1. The molecule has 1 aromatic heterocycles. The summed E-state index contributed by atoms with van der Waals surface area (Å²) in [4.78, 5) is 16.7. The molecule has 29 heavy (non-hydrogen) atoms. The molecule has 7 nitrogen and oxygen atoms in total. The van der Waals surface area contributed by atoms with Gasteiger partial charge in [0.1, 0.15) is 11.9 Å². The van der Waals surface area contributed by atoms with Crippen LogP contribution in [0.5, 0.6) is 0 Å². The van der Waals surface area contributed by atoms with Crippen LogP contribution in [0.15, 0.2) is 60.8 Å². The summed E-state index contributed by atoms with van der Waals surface area (Å²) < 4.78 is 15.2. The Bertz CT molecular complexity index is 970. The van der Waals surface area contributed by atoms with Crippen molar-refractivity contribution in [2.75, 3.05) is 31.1 Å². The van der Waals surface area contributed by atoms with E-state index in [-0.39, 0.29) is 23.7 Å². The normalized spacial score (nSPS) is 15.4. The second kappa shape index (κ2) is 8.40. The fourth-order valence-electron chi connectivity index (χ4n) is 3.48. The zero-order chi connectivity index (χ0) is 20.2. The van der Waals surface area contributed by atoms with Crippen LogP contribution in [0, 0.1) is 5.82 Å². The van der Waals surface area contributed by atoms with Gasteiger partial charge in [-0.1, -0.05) is 41.6 Å². The Morgan fingerprint density at radius 3 is 2.45 bits per heavy atom. The number of para-hydroxylation sites is 1. The third-order valence-electron chi connectivity index (χ3n) is 5.07. The summed E-state index contributed by atoms with van der Waals surface area (Å²) in [5.74, 6) is -0.669. The Hall–Kier alpha value is -3.26. The lowest BCUT2D eigenvalue weighted by atomic mass is 10.1. The monoisotopic (exact) mass is 395 g/mol. The average Bonchev–Trinajstić information content (AvgIpc) is 3.22. The van der Waals surface area contributed by atoms with Crippen molar-refractivity contribution in [1.29, 1.82) is 0 Å². The van der Waals surface area contributed by atoms with Crippen molar-refractivity contribution < 1.29 is 14.3 Å². The summed E-state index contributed by atoms with van der Waals surface area (Å²) in [5.41, 5.74) is 1.56. The molecule has 1 saturated heterocycles. The van der Waals surface area contributed by atoms with Gasteiger partial charge in [-0.3, -0.25) is 4.79 Å². The minimum Gasteiger partial charge on any atom is -0.386 e. The van der Waals surface area contributed by atoms with Crippen LogP contribution in [0.4, 0.5) is 10.1 Å². The topological polar surface area (TPSA) is 74.5 Å². The average molecular weight is 395 g/mol. The smallest absolute Gasteiger partial charge is 0.276 e. The molecule has 150 valence electrons. The highest BCUT2D eigenvalue weighted by Crippen LogP contribution is 2.19. The first kappa shape index (κ1) is 19.1. The molecule has 3 aromatic rings. The molecule has 2 heterocycles. The minimum absolute atomic E-state index is 0.0169. The molecule has 0 radical (unpaired) electrons. The minimum atomic E-state index is -1.07. The highest BCUT2D eigenvalue weighted by atomic mass is 19.1. The van der Waals surface area contributed by atoms with E-state index >= 15 is 0 Å². The number of aliphatic hydroxyl groups excluding tert-OH is 1. The van der Waals surface area contributed by atoms with Crippen LogP contribution in [0.1, 0.15) is 22.2 Å². The van der Waals surface area contributed by atoms with Crippen molar-refractivity contribution in [2.24, 2.45) is 0 Å². The fourth-order valence-corrected chi connectivity index (χ4v) is 3.48. The van der Waals surface area contributed by atoms with Gasteiger partial charge in [-0.25, -0.2) is 9.07 Å². The first-order valence-electron chi connectivity index (χ1n) is 9.54. The number of piperazine rings is 1. The van der Waals surface area contributed by atoms with Crippen LogP contribution in [-0.2, 0) is 6.54 Å². The van der Waals surface area contributed by atoms with Gasteiger partial charge in [-0.15, -0.1) is 5.10 Å². The molecule has 1 amide bonds. The summed E-state index contributed by atoms with van der Waals surface area (Å²) in [5, 5.41) is 18.1. The number of rotatable bonds is 5. The van der Waals surface area contributed by atoms with E-state index in [2.05, 4.69) is 27.3 Å². The first-order valence-corrected chi connectivity index (χ1v) is 9.54. The molecule has 4 rings (SSSR count). The van der Waals surface area contributed by atoms with E-state index < -0.39 is 11.9 Å². The van der Waals surface area contributed by atoms with E-state index in [9.17, 15) is 14.3 Å². The molecule has 1 N–H and O–H groups in total. The van der Waals surface area contributed by atoms with Crippen LogP contribution in [-0.4, -0.2) is 57.1 Å². The fraction of sp³-hybridized carbons (Fsp3) is 0.286. The highest BCUT2D eigenvalue weighted by Gasteiger charge is 2.24. The van der Waals surface area contributed by atoms with E-state index in [1.807, 2.05) is 18.2 Å². The number of nitrogens with zero attached hydrogens (tertiary/aromatic N) is 5. The SMILES string of the molecule is O=C(c1cn(C[C@@H](O)c2ccccc2F)nn1)N1CCN(c2ccccc2)CC1. The number of amides is 1. The summed E-state index contributed by atoms with van der Waals surface area (Å²) >= 11 is 0. The summed E-state index contributed by atoms with van der Waals surface area (Å²) in [6, 6.07) is 16.1. The number of hydrogen-bond donors (Lipinski definition) is 1. The Morgan fingerprint density at radius 2 is 1.72 bits per heavy atom. The third kappa shape index (κ3) is 4.27. The van der Waals surface area contributed by atoms with Gasteiger partial charge in [-0.2, -0.15) is 0 Å². The second-order valence-corrected chi connectivity index (χ2v) is 6.98. The Morgan fingerprint density at radius 1 is 1.03 bits per heavy atom. The number of hydrogen-bond acceptors (Lipinski definition) is 5. The third-order valence-corrected chi connectivity index (χ3v) is 5.07.